The second kappa shape index (κ2) is 4.78. The molecule has 0 aliphatic carbocycles. The fraction of sp³-hybridized carbons (Fsp3) is 0. The first-order valence-corrected chi connectivity index (χ1v) is 7.11. The fourth-order valence-corrected chi connectivity index (χ4v) is 2.77. The Hall–Kier alpha value is -1.26. The van der Waals surface area contributed by atoms with Crippen molar-refractivity contribution >= 4 is 54.1 Å². The molecule has 2 aromatic carbocycles. The van der Waals surface area contributed by atoms with Crippen LogP contribution in [0.2, 0.25) is 0 Å². The maximum absolute atomic E-state index is 3.58. The molecule has 1 aromatic heterocycles. The number of benzene rings is 2. The molecule has 0 spiro atoms. The number of hydrogen-bond donors (Lipinski definition) is 2. The van der Waals surface area contributed by atoms with E-state index in [0.717, 1.165) is 25.8 Å². The van der Waals surface area contributed by atoms with E-state index in [-0.39, 0.29) is 0 Å². The summed E-state index contributed by atoms with van der Waals surface area (Å²) >= 11 is 7.02. The van der Waals surface area contributed by atoms with Gasteiger partial charge in [-0.2, -0.15) is 0 Å². The Balaban J connectivity index is 2.02. The summed E-state index contributed by atoms with van der Waals surface area (Å²) in [6, 6.07) is 14.3. The summed E-state index contributed by atoms with van der Waals surface area (Å²) in [6.45, 7) is 0. The number of aromatic amines is 1. The summed E-state index contributed by atoms with van der Waals surface area (Å²) in [5.41, 5.74) is 3.25. The molecule has 2 nitrogen and oxygen atoms in total. The van der Waals surface area contributed by atoms with Gasteiger partial charge >= 0.3 is 0 Å². The van der Waals surface area contributed by atoms with Gasteiger partial charge in [0.05, 0.1) is 5.69 Å². The van der Waals surface area contributed by atoms with E-state index in [1.807, 2.05) is 42.6 Å². The third kappa shape index (κ3) is 2.18. The van der Waals surface area contributed by atoms with Crippen molar-refractivity contribution < 1.29 is 0 Å². The number of nitrogens with one attached hydrogen (secondary N) is 2. The van der Waals surface area contributed by atoms with Crippen LogP contribution in [0, 0.1) is 0 Å². The minimum atomic E-state index is 1.06. The standard InChI is InChI=1S/C14H10Br2N2/c15-9-4-6-10(7-5-9)18-13-8-17-12-3-1-2-11(16)14(12)13/h1-8,17-18H. The van der Waals surface area contributed by atoms with Crippen molar-refractivity contribution in [1.29, 1.82) is 0 Å². The molecule has 4 heteroatoms. The van der Waals surface area contributed by atoms with E-state index in [4.69, 9.17) is 0 Å². The summed E-state index contributed by atoms with van der Waals surface area (Å²) in [6.07, 6.45) is 1.98. The van der Waals surface area contributed by atoms with Crippen LogP contribution in [-0.4, -0.2) is 4.98 Å². The maximum atomic E-state index is 3.58. The molecule has 0 bridgehead atoms. The van der Waals surface area contributed by atoms with E-state index in [2.05, 4.69) is 48.2 Å². The van der Waals surface area contributed by atoms with Crippen molar-refractivity contribution in [2.45, 2.75) is 0 Å². The highest BCUT2D eigenvalue weighted by atomic mass is 79.9. The van der Waals surface area contributed by atoms with Crippen LogP contribution in [0.4, 0.5) is 11.4 Å². The van der Waals surface area contributed by atoms with Crippen LogP contribution in [0.5, 0.6) is 0 Å². The van der Waals surface area contributed by atoms with Gasteiger partial charge < -0.3 is 10.3 Å². The molecule has 0 aliphatic rings. The summed E-state index contributed by atoms with van der Waals surface area (Å²) < 4.78 is 2.16. The Morgan fingerprint density at radius 3 is 2.50 bits per heavy atom. The molecule has 0 amide bonds. The predicted molar refractivity (Wildman–Crippen MR) is 83.4 cm³/mol. The highest BCUT2D eigenvalue weighted by molar-refractivity contribution is 9.11. The van der Waals surface area contributed by atoms with E-state index < -0.39 is 0 Å². The van der Waals surface area contributed by atoms with E-state index in [1.54, 1.807) is 0 Å². The molecule has 3 aromatic rings. The van der Waals surface area contributed by atoms with Crippen molar-refractivity contribution in [3.8, 4) is 0 Å². The lowest BCUT2D eigenvalue weighted by Crippen LogP contribution is -1.88. The molecule has 3 rings (SSSR count). The van der Waals surface area contributed by atoms with Gasteiger partial charge in [-0.3, -0.25) is 0 Å². The molecule has 0 fully saturated rings. The molecule has 0 saturated carbocycles. The third-order valence-corrected chi connectivity index (χ3v) is 3.97. The Kier molecular flexibility index (Phi) is 3.14. The number of halogens is 2. The van der Waals surface area contributed by atoms with Crippen molar-refractivity contribution in [2.75, 3.05) is 5.32 Å². The molecule has 1 heterocycles. The predicted octanol–water partition coefficient (Wildman–Crippen LogP) is 5.44. The molecule has 90 valence electrons. The lowest BCUT2D eigenvalue weighted by Gasteiger charge is -2.05. The van der Waals surface area contributed by atoms with Crippen LogP contribution in [0.3, 0.4) is 0 Å². The van der Waals surface area contributed by atoms with Crippen LogP contribution in [0.1, 0.15) is 0 Å². The van der Waals surface area contributed by atoms with Gasteiger partial charge in [-0.1, -0.05) is 37.9 Å². The van der Waals surface area contributed by atoms with Crippen LogP contribution in [-0.2, 0) is 0 Å². The Labute approximate surface area is 122 Å². The lowest BCUT2D eigenvalue weighted by molar-refractivity contribution is 1.46. The monoisotopic (exact) mass is 364 g/mol. The van der Waals surface area contributed by atoms with Crippen molar-refractivity contribution in [3.63, 3.8) is 0 Å². The second-order valence-corrected chi connectivity index (χ2v) is 5.77. The van der Waals surface area contributed by atoms with Gasteiger partial charge in [0, 0.05) is 31.7 Å². The first kappa shape index (κ1) is 11.8. The van der Waals surface area contributed by atoms with Gasteiger partial charge in [-0.05, 0) is 36.4 Å². The highest BCUT2D eigenvalue weighted by Crippen LogP contribution is 2.32. The molecule has 18 heavy (non-hydrogen) atoms. The molecular weight excluding hydrogens is 356 g/mol. The highest BCUT2D eigenvalue weighted by Gasteiger charge is 2.06. The molecule has 0 aliphatic heterocycles. The van der Waals surface area contributed by atoms with Crippen molar-refractivity contribution in [1.82, 2.24) is 4.98 Å². The zero-order chi connectivity index (χ0) is 12.5. The molecule has 0 atom stereocenters. The fourth-order valence-electron chi connectivity index (χ4n) is 1.93. The van der Waals surface area contributed by atoms with Gasteiger partial charge in [-0.15, -0.1) is 0 Å². The second-order valence-electron chi connectivity index (χ2n) is 4.00. The zero-order valence-electron chi connectivity index (χ0n) is 9.37. The first-order chi connectivity index (χ1) is 8.74. The Morgan fingerprint density at radius 1 is 0.944 bits per heavy atom. The SMILES string of the molecule is Brc1ccc(Nc2c[nH]c3cccc(Br)c23)cc1. The smallest absolute Gasteiger partial charge is 0.0653 e. The average Bonchev–Trinajstić information content (AvgIpc) is 2.77. The summed E-state index contributed by atoms with van der Waals surface area (Å²) in [5.74, 6) is 0. The summed E-state index contributed by atoms with van der Waals surface area (Å²) in [4.78, 5) is 3.26. The van der Waals surface area contributed by atoms with E-state index >= 15 is 0 Å². The number of fused-ring (bicyclic) bond motifs is 1. The normalized spacial score (nSPS) is 10.8. The Morgan fingerprint density at radius 2 is 1.72 bits per heavy atom. The van der Waals surface area contributed by atoms with Gasteiger partial charge in [0.2, 0.25) is 0 Å². The molecule has 0 radical (unpaired) electrons. The van der Waals surface area contributed by atoms with Crippen LogP contribution in [0.15, 0.2) is 57.6 Å². The van der Waals surface area contributed by atoms with E-state index in [0.29, 0.717) is 0 Å². The molecule has 0 unspecified atom stereocenters. The van der Waals surface area contributed by atoms with Gasteiger partial charge in [0.1, 0.15) is 0 Å². The number of anilines is 2. The van der Waals surface area contributed by atoms with Crippen molar-refractivity contribution in [2.24, 2.45) is 0 Å². The quantitative estimate of drug-likeness (QED) is 0.622. The first-order valence-electron chi connectivity index (χ1n) is 5.52. The zero-order valence-corrected chi connectivity index (χ0v) is 12.5. The van der Waals surface area contributed by atoms with E-state index in [9.17, 15) is 0 Å². The van der Waals surface area contributed by atoms with Crippen LogP contribution >= 0.6 is 31.9 Å². The van der Waals surface area contributed by atoms with E-state index in [1.165, 1.54) is 5.39 Å². The molecule has 0 saturated heterocycles. The van der Waals surface area contributed by atoms with Crippen LogP contribution < -0.4 is 5.32 Å². The minimum Gasteiger partial charge on any atom is -0.359 e. The van der Waals surface area contributed by atoms with Gasteiger partial charge in [0.15, 0.2) is 0 Å². The van der Waals surface area contributed by atoms with Crippen molar-refractivity contribution in [3.05, 3.63) is 57.6 Å². The number of aromatic nitrogens is 1. The topological polar surface area (TPSA) is 27.8 Å². The molecular formula is C14H10Br2N2. The maximum Gasteiger partial charge on any atom is 0.0653 e. The van der Waals surface area contributed by atoms with Gasteiger partial charge in [0.25, 0.3) is 0 Å². The lowest BCUT2D eigenvalue weighted by atomic mass is 10.2. The number of H-pyrrole nitrogens is 1. The Bertz CT molecular complexity index is 687. The average molecular weight is 366 g/mol. The number of hydrogen-bond acceptors (Lipinski definition) is 1. The third-order valence-electron chi connectivity index (χ3n) is 2.78. The van der Waals surface area contributed by atoms with Gasteiger partial charge in [-0.25, -0.2) is 0 Å². The summed E-state index contributed by atoms with van der Waals surface area (Å²) in [5, 5.41) is 4.58. The molecule has 2 N–H and O–H groups in total. The van der Waals surface area contributed by atoms with Crippen LogP contribution in [0.25, 0.3) is 10.9 Å². The number of rotatable bonds is 2. The summed E-state index contributed by atoms with van der Waals surface area (Å²) in [7, 11) is 0. The largest absolute Gasteiger partial charge is 0.359 e. The minimum absolute atomic E-state index is 1.06.